The Hall–Kier alpha value is -1.15. The fraction of sp³-hybridized carbons (Fsp3) is 0.500. The fourth-order valence-electron chi connectivity index (χ4n) is 3.11. The van der Waals surface area contributed by atoms with Crippen molar-refractivity contribution in [2.45, 2.75) is 44.6 Å². The summed E-state index contributed by atoms with van der Waals surface area (Å²) in [5, 5.41) is 3.75. The van der Waals surface area contributed by atoms with Gasteiger partial charge in [-0.3, -0.25) is 0 Å². The Bertz CT molecular complexity index is 464. The van der Waals surface area contributed by atoms with Crippen molar-refractivity contribution in [3.63, 3.8) is 0 Å². The molecule has 1 heterocycles. The van der Waals surface area contributed by atoms with Crippen LogP contribution in [0.4, 0.5) is 5.69 Å². The molecule has 3 rings (SSSR count). The smallest absolute Gasteiger partial charge is 0.143 e. The molecule has 0 radical (unpaired) electrons. The molecule has 1 fully saturated rings. The molecular weight excluding hydrogens is 258 g/mol. The first-order valence-corrected chi connectivity index (χ1v) is 7.06. The molecule has 19 heavy (non-hydrogen) atoms. The Morgan fingerprint density at radius 3 is 2.74 bits per heavy atom. The normalized spacial score (nSPS) is 19.2. The second-order valence-electron chi connectivity index (χ2n) is 5.33. The number of ether oxygens (including phenoxy) is 1. The van der Waals surface area contributed by atoms with Gasteiger partial charge in [0.05, 0.1) is 17.8 Å². The van der Waals surface area contributed by atoms with Crippen LogP contribution in [0.25, 0.3) is 6.08 Å². The molecule has 0 amide bonds. The molecule has 1 aliphatic heterocycles. The summed E-state index contributed by atoms with van der Waals surface area (Å²) in [6.45, 7) is 2.75. The van der Waals surface area contributed by atoms with Gasteiger partial charge in [-0.25, -0.2) is 0 Å². The number of fused-ring (bicyclic) bond motifs is 1. The number of rotatable bonds is 2. The van der Waals surface area contributed by atoms with Crippen molar-refractivity contribution in [2.75, 3.05) is 11.9 Å². The Balaban J connectivity index is 0.00000133. The molecule has 1 aromatic rings. The predicted molar refractivity (Wildman–Crippen MR) is 83.3 cm³/mol. The van der Waals surface area contributed by atoms with Crippen molar-refractivity contribution < 1.29 is 4.74 Å². The largest absolute Gasteiger partial charge is 0.492 e. The number of halogens is 1. The van der Waals surface area contributed by atoms with E-state index in [0.29, 0.717) is 0 Å². The maximum absolute atomic E-state index is 5.74. The number of nitrogens with one attached hydrogen (secondary N) is 1. The van der Waals surface area contributed by atoms with E-state index in [1.165, 1.54) is 43.4 Å². The standard InChI is InChI=1S/C16H21NO.ClH/c1-2-18-14-8-6-7-13-9-12-16(17-15(13)14)10-4-3-5-11-16;/h6-9,12,17H,2-5,10-11H2,1H3;1H. The quantitative estimate of drug-likeness (QED) is 0.851. The summed E-state index contributed by atoms with van der Waals surface area (Å²) in [5.41, 5.74) is 2.61. The number of hydrogen-bond donors (Lipinski definition) is 1. The van der Waals surface area contributed by atoms with Gasteiger partial charge in [0.1, 0.15) is 5.75 Å². The van der Waals surface area contributed by atoms with Crippen molar-refractivity contribution in [1.82, 2.24) is 0 Å². The number of para-hydroxylation sites is 1. The van der Waals surface area contributed by atoms with Crippen molar-refractivity contribution in [3.8, 4) is 5.75 Å². The van der Waals surface area contributed by atoms with Crippen LogP contribution in [0, 0.1) is 0 Å². The molecule has 3 heteroatoms. The van der Waals surface area contributed by atoms with Gasteiger partial charge in [0.2, 0.25) is 0 Å². The molecule has 1 N–H and O–H groups in total. The first-order valence-electron chi connectivity index (χ1n) is 7.06. The monoisotopic (exact) mass is 279 g/mol. The molecule has 0 atom stereocenters. The lowest BCUT2D eigenvalue weighted by Crippen LogP contribution is -2.39. The molecule has 1 spiro atoms. The van der Waals surface area contributed by atoms with E-state index in [-0.39, 0.29) is 17.9 Å². The van der Waals surface area contributed by atoms with Crippen LogP contribution in [0.2, 0.25) is 0 Å². The molecule has 2 aliphatic rings. The Morgan fingerprint density at radius 2 is 2.00 bits per heavy atom. The van der Waals surface area contributed by atoms with Crippen molar-refractivity contribution in [3.05, 3.63) is 29.8 Å². The third-order valence-electron chi connectivity index (χ3n) is 4.06. The van der Waals surface area contributed by atoms with Gasteiger partial charge in [-0.1, -0.05) is 43.5 Å². The Kier molecular flexibility index (Phi) is 4.41. The average Bonchev–Trinajstić information content (AvgIpc) is 2.41. The van der Waals surface area contributed by atoms with E-state index in [4.69, 9.17) is 4.74 Å². The van der Waals surface area contributed by atoms with E-state index in [1.807, 2.05) is 6.92 Å². The molecular formula is C16H22ClNO. The molecule has 1 aromatic carbocycles. The summed E-state index contributed by atoms with van der Waals surface area (Å²) >= 11 is 0. The van der Waals surface area contributed by atoms with Gasteiger partial charge >= 0.3 is 0 Å². The highest BCUT2D eigenvalue weighted by Crippen LogP contribution is 2.41. The van der Waals surface area contributed by atoms with E-state index >= 15 is 0 Å². The summed E-state index contributed by atoms with van der Waals surface area (Å²) in [4.78, 5) is 0. The van der Waals surface area contributed by atoms with Gasteiger partial charge in [0.15, 0.2) is 0 Å². The fourth-order valence-corrected chi connectivity index (χ4v) is 3.11. The summed E-state index contributed by atoms with van der Waals surface area (Å²) in [5.74, 6) is 0.990. The lowest BCUT2D eigenvalue weighted by Gasteiger charge is -2.39. The highest BCUT2D eigenvalue weighted by atomic mass is 35.5. The van der Waals surface area contributed by atoms with E-state index < -0.39 is 0 Å². The summed E-state index contributed by atoms with van der Waals surface area (Å²) in [7, 11) is 0. The second-order valence-corrected chi connectivity index (χ2v) is 5.33. The van der Waals surface area contributed by atoms with Gasteiger partial charge in [-0.2, -0.15) is 0 Å². The highest BCUT2D eigenvalue weighted by molar-refractivity contribution is 5.85. The first kappa shape index (κ1) is 14.3. The van der Waals surface area contributed by atoms with Gasteiger partial charge in [-0.15, -0.1) is 12.4 Å². The second kappa shape index (κ2) is 5.87. The van der Waals surface area contributed by atoms with Gasteiger partial charge < -0.3 is 10.1 Å². The van der Waals surface area contributed by atoms with E-state index in [0.717, 1.165) is 12.4 Å². The van der Waals surface area contributed by atoms with E-state index in [9.17, 15) is 0 Å². The minimum absolute atomic E-state index is 0. The van der Waals surface area contributed by atoms with E-state index in [1.54, 1.807) is 0 Å². The maximum Gasteiger partial charge on any atom is 0.143 e. The van der Waals surface area contributed by atoms with Crippen molar-refractivity contribution in [2.24, 2.45) is 0 Å². The minimum atomic E-state index is 0. The average molecular weight is 280 g/mol. The molecule has 1 aliphatic carbocycles. The molecule has 2 nitrogen and oxygen atoms in total. The minimum Gasteiger partial charge on any atom is -0.492 e. The number of anilines is 1. The highest BCUT2D eigenvalue weighted by Gasteiger charge is 2.32. The van der Waals surface area contributed by atoms with E-state index in [2.05, 4.69) is 35.7 Å². The Morgan fingerprint density at radius 1 is 1.21 bits per heavy atom. The van der Waals surface area contributed by atoms with Gasteiger partial charge in [-0.05, 0) is 25.8 Å². The van der Waals surface area contributed by atoms with Crippen LogP contribution >= 0.6 is 12.4 Å². The summed E-state index contributed by atoms with van der Waals surface area (Å²) in [6, 6.07) is 6.27. The van der Waals surface area contributed by atoms with Crippen LogP contribution in [0.1, 0.15) is 44.6 Å². The lowest BCUT2D eigenvalue weighted by atomic mass is 9.79. The van der Waals surface area contributed by atoms with Crippen LogP contribution in [0.5, 0.6) is 5.75 Å². The van der Waals surface area contributed by atoms with Crippen LogP contribution in [-0.2, 0) is 0 Å². The Labute approximate surface area is 121 Å². The zero-order valence-corrected chi connectivity index (χ0v) is 12.3. The van der Waals surface area contributed by atoms with Gasteiger partial charge in [0.25, 0.3) is 0 Å². The zero-order valence-electron chi connectivity index (χ0n) is 11.4. The molecule has 1 saturated carbocycles. The lowest BCUT2D eigenvalue weighted by molar-refractivity contribution is 0.337. The van der Waals surface area contributed by atoms with Crippen LogP contribution in [0.3, 0.4) is 0 Å². The van der Waals surface area contributed by atoms with Crippen LogP contribution < -0.4 is 10.1 Å². The summed E-state index contributed by atoms with van der Waals surface area (Å²) in [6.07, 6.45) is 11.1. The molecule has 0 aromatic heterocycles. The van der Waals surface area contributed by atoms with Crippen molar-refractivity contribution in [1.29, 1.82) is 0 Å². The topological polar surface area (TPSA) is 21.3 Å². The molecule has 104 valence electrons. The zero-order chi connectivity index (χ0) is 12.4. The summed E-state index contributed by atoms with van der Waals surface area (Å²) < 4.78 is 5.74. The van der Waals surface area contributed by atoms with Crippen LogP contribution in [-0.4, -0.2) is 12.1 Å². The van der Waals surface area contributed by atoms with Crippen molar-refractivity contribution >= 4 is 24.2 Å². The van der Waals surface area contributed by atoms with Crippen LogP contribution in [0.15, 0.2) is 24.3 Å². The third kappa shape index (κ3) is 2.74. The number of hydrogen-bond acceptors (Lipinski definition) is 2. The predicted octanol–water partition coefficient (Wildman–Crippen LogP) is 4.65. The maximum atomic E-state index is 5.74. The third-order valence-corrected chi connectivity index (χ3v) is 4.06. The molecule has 0 unspecified atom stereocenters. The number of benzene rings is 1. The van der Waals surface area contributed by atoms with Gasteiger partial charge in [0, 0.05) is 5.56 Å². The molecule has 0 saturated heterocycles. The molecule has 0 bridgehead atoms. The first-order chi connectivity index (χ1) is 8.83. The SMILES string of the molecule is CCOc1cccc2c1NC1(C=C2)CCCCC1.Cl.